The summed E-state index contributed by atoms with van der Waals surface area (Å²) in [4.78, 5) is 21.3. The predicted octanol–water partition coefficient (Wildman–Crippen LogP) is -1.75. The molecule has 0 saturated carbocycles. The second-order valence-electron chi connectivity index (χ2n) is 2.17. The van der Waals surface area contributed by atoms with E-state index < -0.39 is 6.04 Å². The van der Waals surface area contributed by atoms with Gasteiger partial charge in [0.25, 0.3) is 5.91 Å². The molecule has 2 amide bonds. The topological polar surface area (TPSA) is 84.2 Å². The van der Waals surface area contributed by atoms with Gasteiger partial charge in [-0.25, -0.2) is 5.84 Å². The predicted molar refractivity (Wildman–Crippen MR) is 33.5 cm³/mol. The van der Waals surface area contributed by atoms with Crippen LogP contribution in [-0.2, 0) is 9.59 Å². The van der Waals surface area contributed by atoms with Gasteiger partial charge < -0.3 is 5.32 Å². The maximum absolute atomic E-state index is 10.7. The van der Waals surface area contributed by atoms with E-state index in [1.165, 1.54) is 0 Å². The van der Waals surface area contributed by atoms with Crippen LogP contribution in [0.15, 0.2) is 0 Å². The van der Waals surface area contributed by atoms with E-state index >= 15 is 0 Å². The Hall–Kier alpha value is -1.10. The van der Waals surface area contributed by atoms with E-state index in [-0.39, 0.29) is 11.8 Å². The molecule has 0 aromatic heterocycles. The molecule has 0 radical (unpaired) electrons. The van der Waals surface area contributed by atoms with Crippen LogP contribution in [0.25, 0.3) is 0 Å². The Morgan fingerprint density at radius 2 is 2.50 bits per heavy atom. The van der Waals surface area contributed by atoms with E-state index in [1.807, 2.05) is 5.43 Å². The smallest absolute Gasteiger partial charge is 0.256 e. The van der Waals surface area contributed by atoms with Gasteiger partial charge >= 0.3 is 0 Å². The van der Waals surface area contributed by atoms with Gasteiger partial charge in [-0.3, -0.25) is 15.0 Å². The normalized spacial score (nSPS) is 24.1. The third-order valence-corrected chi connectivity index (χ3v) is 1.45. The van der Waals surface area contributed by atoms with Crippen molar-refractivity contribution in [1.82, 2.24) is 10.7 Å². The number of hydrogen-bond acceptors (Lipinski definition) is 3. The molecule has 1 aliphatic heterocycles. The van der Waals surface area contributed by atoms with Crippen molar-refractivity contribution in [2.24, 2.45) is 5.84 Å². The molecule has 0 aromatic rings. The van der Waals surface area contributed by atoms with Crippen molar-refractivity contribution >= 4 is 11.8 Å². The first kappa shape index (κ1) is 7.01. The molecule has 0 aromatic carbocycles. The zero-order chi connectivity index (χ0) is 7.56. The first-order chi connectivity index (χ1) is 4.74. The molecule has 0 spiro atoms. The first-order valence-electron chi connectivity index (χ1n) is 3.04. The fourth-order valence-corrected chi connectivity index (χ4v) is 0.911. The van der Waals surface area contributed by atoms with Gasteiger partial charge in [0.05, 0.1) is 0 Å². The van der Waals surface area contributed by atoms with Crippen LogP contribution >= 0.6 is 0 Å². The van der Waals surface area contributed by atoms with Gasteiger partial charge in [-0.15, -0.1) is 0 Å². The van der Waals surface area contributed by atoms with E-state index in [4.69, 9.17) is 5.84 Å². The summed E-state index contributed by atoms with van der Waals surface area (Å²) >= 11 is 0. The largest absolute Gasteiger partial charge is 0.344 e. The summed E-state index contributed by atoms with van der Waals surface area (Å²) in [5.74, 6) is 4.43. The monoisotopic (exact) mass is 143 g/mol. The fourth-order valence-electron chi connectivity index (χ4n) is 0.911. The lowest BCUT2D eigenvalue weighted by Crippen LogP contribution is -2.44. The molecule has 5 heteroatoms. The summed E-state index contributed by atoms with van der Waals surface area (Å²) in [7, 11) is 0. The Labute approximate surface area is 57.9 Å². The standard InChI is InChI=1S/C5H9N3O2/c6-8-5(10)3-1-2-4(9)7-3/h3H,1-2,6H2,(H,7,9)(H,8,10)/t3-/m0/s1. The minimum atomic E-state index is -0.419. The van der Waals surface area contributed by atoms with Gasteiger partial charge in [0.2, 0.25) is 5.91 Å². The first-order valence-corrected chi connectivity index (χ1v) is 3.04. The summed E-state index contributed by atoms with van der Waals surface area (Å²) in [5, 5.41) is 2.47. The highest BCUT2D eigenvalue weighted by Crippen LogP contribution is 2.05. The molecule has 1 rings (SSSR count). The number of carbonyl (C=O) groups is 2. The van der Waals surface area contributed by atoms with Crippen LogP contribution in [0, 0.1) is 0 Å². The second kappa shape index (κ2) is 2.66. The van der Waals surface area contributed by atoms with Crippen molar-refractivity contribution in [3.05, 3.63) is 0 Å². The number of hydrazine groups is 1. The Balaban J connectivity index is 2.44. The van der Waals surface area contributed by atoms with Crippen LogP contribution in [-0.4, -0.2) is 17.9 Å². The van der Waals surface area contributed by atoms with Crippen LogP contribution in [0.4, 0.5) is 0 Å². The molecule has 1 heterocycles. The van der Waals surface area contributed by atoms with Crippen LogP contribution in [0.1, 0.15) is 12.8 Å². The third kappa shape index (κ3) is 1.24. The van der Waals surface area contributed by atoms with E-state index in [2.05, 4.69) is 5.32 Å². The van der Waals surface area contributed by atoms with Crippen molar-refractivity contribution in [2.45, 2.75) is 18.9 Å². The Morgan fingerprint density at radius 3 is 2.90 bits per heavy atom. The maximum Gasteiger partial charge on any atom is 0.256 e. The highest BCUT2D eigenvalue weighted by Gasteiger charge is 2.26. The Kier molecular flexibility index (Phi) is 1.86. The van der Waals surface area contributed by atoms with Crippen LogP contribution in [0.3, 0.4) is 0 Å². The molecule has 0 unspecified atom stereocenters. The summed E-state index contributed by atoms with van der Waals surface area (Å²) < 4.78 is 0. The summed E-state index contributed by atoms with van der Waals surface area (Å²) in [6.07, 6.45) is 0.958. The Morgan fingerprint density at radius 1 is 1.80 bits per heavy atom. The molecule has 1 fully saturated rings. The lowest BCUT2D eigenvalue weighted by molar-refractivity contribution is -0.125. The van der Waals surface area contributed by atoms with Crippen molar-refractivity contribution in [3.63, 3.8) is 0 Å². The summed E-state index contributed by atoms with van der Waals surface area (Å²) in [5.41, 5.74) is 1.97. The number of carbonyl (C=O) groups excluding carboxylic acids is 2. The molecule has 1 aliphatic rings. The van der Waals surface area contributed by atoms with Gasteiger partial charge in [0.1, 0.15) is 6.04 Å². The molecule has 4 N–H and O–H groups in total. The molecule has 1 atom stereocenters. The number of nitrogens with two attached hydrogens (primary N) is 1. The SMILES string of the molecule is NNC(=O)[C@@H]1CCC(=O)N1. The van der Waals surface area contributed by atoms with Gasteiger partial charge in [-0.2, -0.15) is 0 Å². The van der Waals surface area contributed by atoms with E-state index in [1.54, 1.807) is 0 Å². The molecule has 0 aliphatic carbocycles. The van der Waals surface area contributed by atoms with Crippen LogP contribution in [0.2, 0.25) is 0 Å². The molecular formula is C5H9N3O2. The van der Waals surface area contributed by atoms with Gasteiger partial charge in [0.15, 0.2) is 0 Å². The van der Waals surface area contributed by atoms with Gasteiger partial charge in [-0.1, -0.05) is 0 Å². The maximum atomic E-state index is 10.7. The van der Waals surface area contributed by atoms with Crippen LogP contribution in [0.5, 0.6) is 0 Å². The quantitative estimate of drug-likeness (QED) is 0.231. The zero-order valence-electron chi connectivity index (χ0n) is 5.39. The molecule has 5 nitrogen and oxygen atoms in total. The summed E-state index contributed by atoms with van der Waals surface area (Å²) in [6.45, 7) is 0. The highest BCUT2D eigenvalue weighted by molar-refractivity contribution is 5.90. The number of hydrogen-bond donors (Lipinski definition) is 3. The average Bonchev–Trinajstić information content (AvgIpc) is 2.34. The minimum Gasteiger partial charge on any atom is -0.344 e. The fraction of sp³-hybridized carbons (Fsp3) is 0.600. The number of rotatable bonds is 1. The number of nitrogens with one attached hydrogen (secondary N) is 2. The van der Waals surface area contributed by atoms with Crippen LogP contribution < -0.4 is 16.6 Å². The van der Waals surface area contributed by atoms with E-state index in [9.17, 15) is 9.59 Å². The van der Waals surface area contributed by atoms with Crippen molar-refractivity contribution in [1.29, 1.82) is 0 Å². The van der Waals surface area contributed by atoms with Gasteiger partial charge in [-0.05, 0) is 6.42 Å². The van der Waals surface area contributed by atoms with E-state index in [0.29, 0.717) is 12.8 Å². The molecule has 56 valence electrons. The second-order valence-corrected chi connectivity index (χ2v) is 2.17. The molecular weight excluding hydrogens is 134 g/mol. The van der Waals surface area contributed by atoms with Crippen molar-refractivity contribution < 1.29 is 9.59 Å². The van der Waals surface area contributed by atoms with Gasteiger partial charge in [0, 0.05) is 6.42 Å². The molecule has 0 bridgehead atoms. The summed E-state index contributed by atoms with van der Waals surface area (Å²) in [6, 6.07) is -0.419. The average molecular weight is 143 g/mol. The molecule has 10 heavy (non-hydrogen) atoms. The lowest BCUT2D eigenvalue weighted by atomic mass is 10.2. The van der Waals surface area contributed by atoms with Crippen molar-refractivity contribution in [3.8, 4) is 0 Å². The highest BCUT2D eigenvalue weighted by atomic mass is 16.2. The van der Waals surface area contributed by atoms with E-state index in [0.717, 1.165) is 0 Å². The zero-order valence-corrected chi connectivity index (χ0v) is 5.39. The Bertz CT molecular complexity index is 168. The third-order valence-electron chi connectivity index (χ3n) is 1.45. The minimum absolute atomic E-state index is 0.0893. The molecule has 1 saturated heterocycles. The number of amides is 2. The van der Waals surface area contributed by atoms with Crippen molar-refractivity contribution in [2.75, 3.05) is 0 Å². The lowest BCUT2D eigenvalue weighted by Gasteiger charge is -2.05.